The molecule has 0 amide bonds. The summed E-state index contributed by atoms with van der Waals surface area (Å²) in [6, 6.07) is 34.4. The molecule has 4 aromatic carbocycles. The lowest BCUT2D eigenvalue weighted by Crippen LogP contribution is -2.10. The van der Waals surface area contributed by atoms with Crippen LogP contribution in [0.25, 0.3) is 56.3 Å². The highest BCUT2D eigenvalue weighted by molar-refractivity contribution is 5.95. The van der Waals surface area contributed by atoms with Crippen molar-refractivity contribution in [3.05, 3.63) is 142 Å². The van der Waals surface area contributed by atoms with Crippen LogP contribution in [-0.4, -0.2) is 9.13 Å². The van der Waals surface area contributed by atoms with Gasteiger partial charge in [-0.05, 0) is 99.1 Å². The predicted octanol–water partition coefficient (Wildman–Crippen LogP) is 11.0. The first-order valence-electron chi connectivity index (χ1n) is 16.9. The zero-order chi connectivity index (χ0) is 32.8. The SMILES string of the molecule is C/C(=C\CC(C)n1c2c(c3ccccc31)C=CCC2)c1c(C#N)cccc1-c1ccccc1-n1c2c(c3ccc(C#N)cc31)CCC=C2. The first-order chi connectivity index (χ1) is 23.6. The predicted molar refractivity (Wildman–Crippen MR) is 198 cm³/mol. The molecule has 0 spiro atoms. The topological polar surface area (TPSA) is 57.4 Å². The quantitative estimate of drug-likeness (QED) is 0.186. The van der Waals surface area contributed by atoms with E-state index >= 15 is 0 Å². The Morgan fingerprint density at radius 2 is 1.60 bits per heavy atom. The molecular weight excluding hydrogens is 585 g/mol. The maximum atomic E-state index is 10.4. The van der Waals surface area contributed by atoms with E-state index in [4.69, 9.17) is 0 Å². The van der Waals surface area contributed by atoms with Gasteiger partial charge >= 0.3 is 0 Å². The van der Waals surface area contributed by atoms with Gasteiger partial charge in [0.2, 0.25) is 0 Å². The van der Waals surface area contributed by atoms with E-state index in [1.165, 1.54) is 33.1 Å². The van der Waals surface area contributed by atoms with Crippen LogP contribution in [0.15, 0.2) is 103 Å². The Morgan fingerprint density at radius 3 is 2.48 bits per heavy atom. The number of fused-ring (bicyclic) bond motifs is 6. The second kappa shape index (κ2) is 12.1. The zero-order valence-corrected chi connectivity index (χ0v) is 27.4. The number of para-hydroxylation sites is 2. The molecule has 48 heavy (non-hydrogen) atoms. The largest absolute Gasteiger partial charge is 0.341 e. The summed E-state index contributed by atoms with van der Waals surface area (Å²) in [4.78, 5) is 0. The molecule has 0 saturated heterocycles. The minimum atomic E-state index is 0.254. The molecule has 6 aromatic rings. The number of nitrogens with zero attached hydrogens (tertiary/aromatic N) is 4. The van der Waals surface area contributed by atoms with E-state index in [0.717, 1.165) is 71.3 Å². The van der Waals surface area contributed by atoms with E-state index in [0.29, 0.717) is 11.1 Å². The summed E-state index contributed by atoms with van der Waals surface area (Å²) in [7, 11) is 0. The van der Waals surface area contributed by atoms with Crippen molar-refractivity contribution in [2.75, 3.05) is 0 Å². The molecule has 0 saturated carbocycles. The fraction of sp³-hybridized carbons (Fsp3) is 0.182. The van der Waals surface area contributed by atoms with Crippen LogP contribution in [-0.2, 0) is 12.8 Å². The molecule has 4 nitrogen and oxygen atoms in total. The summed E-state index contributed by atoms with van der Waals surface area (Å²) >= 11 is 0. The Bertz CT molecular complexity index is 2430. The van der Waals surface area contributed by atoms with Crippen molar-refractivity contribution in [2.45, 2.75) is 52.0 Å². The van der Waals surface area contributed by atoms with E-state index in [9.17, 15) is 10.5 Å². The number of aromatic nitrogens is 2. The zero-order valence-electron chi connectivity index (χ0n) is 27.4. The van der Waals surface area contributed by atoms with E-state index in [1.807, 2.05) is 24.3 Å². The summed E-state index contributed by atoms with van der Waals surface area (Å²) in [6.07, 6.45) is 16.3. The minimum Gasteiger partial charge on any atom is -0.341 e. The Morgan fingerprint density at radius 1 is 0.812 bits per heavy atom. The maximum absolute atomic E-state index is 10.4. The van der Waals surface area contributed by atoms with Crippen molar-refractivity contribution in [3.8, 4) is 29.0 Å². The van der Waals surface area contributed by atoms with Crippen molar-refractivity contribution < 1.29 is 0 Å². The molecule has 2 aliphatic rings. The highest BCUT2D eigenvalue weighted by Gasteiger charge is 2.23. The van der Waals surface area contributed by atoms with Crippen LogP contribution in [0, 0.1) is 22.7 Å². The van der Waals surface area contributed by atoms with E-state index in [2.05, 4.69) is 126 Å². The van der Waals surface area contributed by atoms with Gasteiger partial charge in [-0.15, -0.1) is 0 Å². The van der Waals surface area contributed by atoms with E-state index in [1.54, 1.807) is 0 Å². The van der Waals surface area contributed by atoms with Crippen LogP contribution in [0.2, 0.25) is 0 Å². The van der Waals surface area contributed by atoms with Crippen molar-refractivity contribution in [1.29, 1.82) is 10.5 Å². The van der Waals surface area contributed by atoms with Crippen molar-refractivity contribution in [2.24, 2.45) is 0 Å². The van der Waals surface area contributed by atoms with Gasteiger partial charge in [-0.25, -0.2) is 0 Å². The number of nitriles is 2. The summed E-state index contributed by atoms with van der Waals surface area (Å²) in [5, 5.41) is 22.7. The number of allylic oxidation sites excluding steroid dienone is 4. The fourth-order valence-corrected chi connectivity index (χ4v) is 8.02. The molecule has 2 aliphatic carbocycles. The normalized spacial score (nSPS) is 14.5. The van der Waals surface area contributed by atoms with Crippen LogP contribution in [0.3, 0.4) is 0 Å². The molecular formula is C44H36N4. The van der Waals surface area contributed by atoms with Gasteiger partial charge < -0.3 is 9.13 Å². The van der Waals surface area contributed by atoms with Crippen LogP contribution >= 0.6 is 0 Å². The molecule has 8 rings (SSSR count). The number of hydrogen-bond acceptors (Lipinski definition) is 2. The molecule has 1 unspecified atom stereocenters. The highest BCUT2D eigenvalue weighted by Crippen LogP contribution is 2.41. The average Bonchev–Trinajstić information content (AvgIpc) is 3.66. The fourth-order valence-electron chi connectivity index (χ4n) is 8.02. The first kappa shape index (κ1) is 29.6. The third kappa shape index (κ3) is 4.73. The molecule has 0 bridgehead atoms. The summed E-state index contributed by atoms with van der Waals surface area (Å²) in [6.45, 7) is 4.46. The Kier molecular flexibility index (Phi) is 7.43. The second-order valence-corrected chi connectivity index (χ2v) is 13.0. The number of rotatable bonds is 6. The van der Waals surface area contributed by atoms with Crippen LogP contribution in [0.5, 0.6) is 0 Å². The third-order valence-corrected chi connectivity index (χ3v) is 10.2. The minimum absolute atomic E-state index is 0.254. The van der Waals surface area contributed by atoms with Crippen LogP contribution in [0.1, 0.15) is 78.4 Å². The van der Waals surface area contributed by atoms with Gasteiger partial charge in [0.05, 0.1) is 34.5 Å². The number of aryl methyl sites for hydroxylation is 1. The van der Waals surface area contributed by atoms with Gasteiger partial charge in [-0.2, -0.15) is 10.5 Å². The smallest absolute Gasteiger partial charge is 0.0998 e. The van der Waals surface area contributed by atoms with Crippen LogP contribution < -0.4 is 0 Å². The molecule has 4 heteroatoms. The molecule has 232 valence electrons. The van der Waals surface area contributed by atoms with Crippen molar-refractivity contribution in [3.63, 3.8) is 0 Å². The van der Waals surface area contributed by atoms with E-state index < -0.39 is 0 Å². The number of hydrogen-bond donors (Lipinski definition) is 0. The second-order valence-electron chi connectivity index (χ2n) is 13.0. The van der Waals surface area contributed by atoms with Gasteiger partial charge in [0.1, 0.15) is 0 Å². The molecule has 0 aliphatic heterocycles. The summed E-state index contributed by atoms with van der Waals surface area (Å²) in [5.74, 6) is 0. The maximum Gasteiger partial charge on any atom is 0.0998 e. The molecule has 2 aromatic heterocycles. The Labute approximate surface area is 281 Å². The molecule has 0 fully saturated rings. The third-order valence-electron chi connectivity index (χ3n) is 10.2. The monoisotopic (exact) mass is 620 g/mol. The van der Waals surface area contributed by atoms with Gasteiger partial charge in [0, 0.05) is 50.4 Å². The average molecular weight is 621 g/mol. The lowest BCUT2D eigenvalue weighted by molar-refractivity contribution is 0.550. The highest BCUT2D eigenvalue weighted by atomic mass is 15.0. The van der Waals surface area contributed by atoms with Gasteiger partial charge in [-0.1, -0.05) is 78.9 Å². The van der Waals surface area contributed by atoms with Crippen molar-refractivity contribution in [1.82, 2.24) is 9.13 Å². The molecule has 2 heterocycles. The van der Waals surface area contributed by atoms with E-state index in [-0.39, 0.29) is 6.04 Å². The van der Waals surface area contributed by atoms with Crippen molar-refractivity contribution >= 4 is 39.5 Å². The van der Waals surface area contributed by atoms with Crippen LogP contribution in [0.4, 0.5) is 0 Å². The summed E-state index contributed by atoms with van der Waals surface area (Å²) in [5.41, 5.74) is 14.1. The standard InChI is InChI=1S/C44H36N4/c1-29(22-23-30(2)47-39-18-7-3-13-33(39)34-14-4-8-19-40(34)47)44-32(28-46)12-11-17-38(44)36-16-6-10-21-42(36)48-41-20-9-5-15-35(41)37-25-24-31(27-45)26-43(37)48/h3-4,6-7,9-14,16-18,20-22,24-26,30H,5,8,15,19,23H2,1-2H3/b29-22+. The molecule has 1 atom stereocenters. The molecule has 0 radical (unpaired) electrons. The Balaban J connectivity index is 1.25. The number of benzene rings is 4. The Hall–Kier alpha value is -5.84. The van der Waals surface area contributed by atoms with Gasteiger partial charge in [0.15, 0.2) is 0 Å². The summed E-state index contributed by atoms with van der Waals surface area (Å²) < 4.78 is 4.85. The lowest BCUT2D eigenvalue weighted by Gasteiger charge is -2.21. The van der Waals surface area contributed by atoms with Gasteiger partial charge in [-0.3, -0.25) is 0 Å². The molecule has 0 N–H and O–H groups in total. The van der Waals surface area contributed by atoms with Gasteiger partial charge in [0.25, 0.3) is 0 Å². The first-order valence-corrected chi connectivity index (χ1v) is 16.9. The lowest BCUT2D eigenvalue weighted by atomic mass is 9.89.